The number of fused-ring (bicyclic) bond motifs is 1. The lowest BCUT2D eigenvalue weighted by Gasteiger charge is -2.27. The first kappa shape index (κ1) is 21.3. The maximum absolute atomic E-state index is 11.9. The number of carbonyl (C=O) groups is 1. The van der Waals surface area contributed by atoms with Crippen LogP contribution in [0.1, 0.15) is 28.2 Å². The van der Waals surface area contributed by atoms with Crippen LogP contribution in [0.25, 0.3) is 5.76 Å². The molecule has 0 bridgehead atoms. The number of methoxy groups -OCH3 is 2. The second-order valence-corrected chi connectivity index (χ2v) is 7.42. The van der Waals surface area contributed by atoms with Gasteiger partial charge in [-0.1, -0.05) is 48.0 Å². The van der Waals surface area contributed by atoms with Gasteiger partial charge in [-0.2, -0.15) is 0 Å². The fraction of sp³-hybridized carbons (Fsp3) is 0.192. The van der Waals surface area contributed by atoms with Crippen molar-refractivity contribution in [2.75, 3.05) is 14.2 Å². The molecule has 0 aliphatic carbocycles. The number of hydrogen-bond acceptors (Lipinski definition) is 6. The van der Waals surface area contributed by atoms with Crippen LogP contribution < -0.4 is 18.9 Å². The fourth-order valence-corrected chi connectivity index (χ4v) is 3.74. The second-order valence-electron chi connectivity index (χ2n) is 7.42. The summed E-state index contributed by atoms with van der Waals surface area (Å²) in [5, 5.41) is 11.0. The molecule has 0 radical (unpaired) electrons. The van der Waals surface area contributed by atoms with Crippen molar-refractivity contribution in [1.82, 2.24) is 0 Å². The Morgan fingerprint density at radius 3 is 2.47 bits per heavy atom. The Kier molecular flexibility index (Phi) is 6.03. The van der Waals surface area contributed by atoms with Crippen molar-refractivity contribution in [3.63, 3.8) is 0 Å². The van der Waals surface area contributed by atoms with E-state index in [9.17, 15) is 9.90 Å². The van der Waals surface area contributed by atoms with Crippen LogP contribution in [0, 0.1) is 6.92 Å². The summed E-state index contributed by atoms with van der Waals surface area (Å²) in [7, 11) is 3.05. The van der Waals surface area contributed by atoms with E-state index in [4.69, 9.17) is 18.9 Å². The Hall–Kier alpha value is -3.93. The molecular weight excluding hydrogens is 408 g/mol. The van der Waals surface area contributed by atoms with Crippen molar-refractivity contribution >= 4 is 12.0 Å². The highest BCUT2D eigenvalue weighted by Crippen LogP contribution is 2.47. The number of ether oxygens (including phenoxy) is 4. The van der Waals surface area contributed by atoms with Gasteiger partial charge >= 0.3 is 0 Å². The molecule has 1 aliphatic rings. The first-order valence-electron chi connectivity index (χ1n) is 10.2. The molecular formula is C26H24O6. The molecule has 0 aromatic heterocycles. The molecule has 164 valence electrons. The molecule has 1 N–H and O–H groups in total. The normalized spacial score (nSPS) is 14.9. The lowest BCUT2D eigenvalue weighted by atomic mass is 9.91. The van der Waals surface area contributed by atoms with Gasteiger partial charge in [0, 0.05) is 5.56 Å². The van der Waals surface area contributed by atoms with Gasteiger partial charge in [0.1, 0.15) is 24.6 Å². The van der Waals surface area contributed by atoms with E-state index in [-0.39, 0.29) is 18.1 Å². The van der Waals surface area contributed by atoms with Gasteiger partial charge in [0.25, 0.3) is 0 Å². The van der Waals surface area contributed by atoms with Crippen LogP contribution in [-0.2, 0) is 11.4 Å². The number of aliphatic hydroxyl groups is 1. The molecule has 0 saturated carbocycles. The van der Waals surface area contributed by atoms with Crippen LogP contribution in [0.4, 0.5) is 0 Å². The minimum absolute atomic E-state index is 0.141. The number of allylic oxidation sites excluding steroid dienone is 1. The summed E-state index contributed by atoms with van der Waals surface area (Å²) in [5.74, 6) is 0.795. The molecule has 3 aromatic carbocycles. The Bertz CT molecular complexity index is 1170. The van der Waals surface area contributed by atoms with Crippen molar-refractivity contribution in [2.45, 2.75) is 19.4 Å². The van der Waals surface area contributed by atoms with E-state index in [2.05, 4.69) is 0 Å². The van der Waals surface area contributed by atoms with E-state index in [0.29, 0.717) is 40.4 Å². The number of carbonyl (C=O) groups excluding carboxylic acids is 1. The molecule has 6 nitrogen and oxygen atoms in total. The van der Waals surface area contributed by atoms with Crippen molar-refractivity contribution in [2.24, 2.45) is 0 Å². The summed E-state index contributed by atoms with van der Waals surface area (Å²) in [6.07, 6.45) is 0.710. The van der Waals surface area contributed by atoms with Gasteiger partial charge in [0.05, 0.1) is 19.8 Å². The largest absolute Gasteiger partial charge is 0.507 e. The molecule has 1 aliphatic heterocycles. The number of rotatable bonds is 7. The van der Waals surface area contributed by atoms with Crippen molar-refractivity contribution in [1.29, 1.82) is 0 Å². The van der Waals surface area contributed by atoms with E-state index in [1.807, 2.05) is 49.4 Å². The first-order valence-corrected chi connectivity index (χ1v) is 10.2. The maximum Gasteiger partial charge on any atom is 0.204 e. The van der Waals surface area contributed by atoms with Crippen molar-refractivity contribution < 1.29 is 28.8 Å². The third-order valence-corrected chi connectivity index (χ3v) is 5.35. The second kappa shape index (κ2) is 9.06. The number of aryl methyl sites for hydroxylation is 1. The van der Waals surface area contributed by atoms with Gasteiger partial charge in [-0.15, -0.1) is 0 Å². The molecule has 0 amide bonds. The molecule has 0 saturated heterocycles. The summed E-state index contributed by atoms with van der Waals surface area (Å²) in [5.41, 5.74) is 2.99. The number of benzene rings is 3. The van der Waals surface area contributed by atoms with Crippen LogP contribution in [0.2, 0.25) is 0 Å². The molecule has 0 fully saturated rings. The van der Waals surface area contributed by atoms with Crippen LogP contribution in [-0.4, -0.2) is 25.6 Å². The Morgan fingerprint density at radius 1 is 1.00 bits per heavy atom. The first-order chi connectivity index (χ1) is 15.6. The average molecular weight is 432 g/mol. The van der Waals surface area contributed by atoms with Gasteiger partial charge in [-0.3, -0.25) is 0 Å². The number of aldehydes is 1. The highest BCUT2D eigenvalue weighted by atomic mass is 16.5. The van der Waals surface area contributed by atoms with Crippen LogP contribution >= 0.6 is 0 Å². The summed E-state index contributed by atoms with van der Waals surface area (Å²) >= 11 is 0. The molecule has 4 rings (SSSR count). The van der Waals surface area contributed by atoms with Crippen molar-refractivity contribution in [3.05, 3.63) is 88.7 Å². The van der Waals surface area contributed by atoms with Crippen LogP contribution in [0.15, 0.2) is 66.4 Å². The SMILES string of the molecule is COc1ccc(C2=C(O)C(C=O)c3cc(C)ccc3O2)c(OCc2ccccc2)c1OC. The zero-order valence-electron chi connectivity index (χ0n) is 18.1. The summed E-state index contributed by atoms with van der Waals surface area (Å²) < 4.78 is 23.2. The summed E-state index contributed by atoms with van der Waals surface area (Å²) in [6, 6.07) is 18.6. The summed E-state index contributed by atoms with van der Waals surface area (Å²) in [4.78, 5) is 11.9. The lowest BCUT2D eigenvalue weighted by molar-refractivity contribution is -0.109. The quantitative estimate of drug-likeness (QED) is 0.518. The standard InChI is InChI=1S/C26H24O6/c1-16-9-11-21-19(13-16)20(14-27)23(28)24(32-21)18-10-12-22(29-2)26(30-3)25(18)31-15-17-7-5-4-6-8-17/h4-14,20,28H,15H2,1-3H3. The average Bonchev–Trinajstić information content (AvgIpc) is 2.82. The molecule has 1 atom stereocenters. The predicted molar refractivity (Wildman–Crippen MR) is 120 cm³/mol. The fourth-order valence-electron chi connectivity index (χ4n) is 3.74. The Balaban J connectivity index is 1.83. The van der Waals surface area contributed by atoms with Crippen LogP contribution in [0.5, 0.6) is 23.0 Å². The van der Waals surface area contributed by atoms with Gasteiger partial charge in [-0.25, -0.2) is 0 Å². The van der Waals surface area contributed by atoms with Gasteiger partial charge in [0.15, 0.2) is 23.0 Å². The summed E-state index contributed by atoms with van der Waals surface area (Å²) in [6.45, 7) is 2.18. The number of hydrogen-bond donors (Lipinski definition) is 1. The monoisotopic (exact) mass is 432 g/mol. The molecule has 32 heavy (non-hydrogen) atoms. The Morgan fingerprint density at radius 2 is 1.78 bits per heavy atom. The maximum atomic E-state index is 11.9. The van der Waals surface area contributed by atoms with E-state index in [1.54, 1.807) is 18.2 Å². The van der Waals surface area contributed by atoms with Crippen molar-refractivity contribution in [3.8, 4) is 23.0 Å². The number of aliphatic hydroxyl groups excluding tert-OH is 1. The predicted octanol–water partition coefficient (Wildman–Crippen LogP) is 5.19. The lowest BCUT2D eigenvalue weighted by Crippen LogP contribution is -2.17. The van der Waals surface area contributed by atoms with E-state index in [1.165, 1.54) is 14.2 Å². The third kappa shape index (κ3) is 3.87. The topological polar surface area (TPSA) is 74.2 Å². The van der Waals surface area contributed by atoms with Gasteiger partial charge < -0.3 is 28.8 Å². The molecule has 1 heterocycles. The van der Waals surface area contributed by atoms with Gasteiger partial charge in [-0.05, 0) is 30.7 Å². The molecule has 0 spiro atoms. The molecule has 1 unspecified atom stereocenters. The van der Waals surface area contributed by atoms with E-state index >= 15 is 0 Å². The van der Waals surface area contributed by atoms with Gasteiger partial charge in [0.2, 0.25) is 5.75 Å². The minimum atomic E-state index is -0.844. The third-order valence-electron chi connectivity index (χ3n) is 5.35. The molecule has 6 heteroatoms. The van der Waals surface area contributed by atoms with E-state index in [0.717, 1.165) is 11.1 Å². The zero-order valence-corrected chi connectivity index (χ0v) is 18.1. The Labute approximate surface area is 186 Å². The zero-order chi connectivity index (χ0) is 22.7. The highest BCUT2D eigenvalue weighted by Gasteiger charge is 2.33. The van der Waals surface area contributed by atoms with Crippen LogP contribution in [0.3, 0.4) is 0 Å². The smallest absolute Gasteiger partial charge is 0.204 e. The van der Waals surface area contributed by atoms with E-state index < -0.39 is 5.92 Å². The molecule has 3 aromatic rings. The highest BCUT2D eigenvalue weighted by molar-refractivity contribution is 5.82. The minimum Gasteiger partial charge on any atom is -0.507 e.